The maximum atomic E-state index is 2.56. The number of benzene rings is 13. The molecule has 0 amide bonds. The van der Waals surface area contributed by atoms with Crippen molar-refractivity contribution in [3.05, 3.63) is 334 Å². The van der Waals surface area contributed by atoms with E-state index < -0.39 is 16.1 Å². The molecule has 390 valence electrons. The van der Waals surface area contributed by atoms with E-state index in [9.17, 15) is 0 Å². The lowest BCUT2D eigenvalue weighted by Crippen LogP contribution is -2.74. The molecule has 0 aliphatic heterocycles. The molecule has 13 aromatic carbocycles. The molecule has 83 heavy (non-hydrogen) atoms. The van der Waals surface area contributed by atoms with Crippen LogP contribution >= 0.6 is 0 Å². The fraction of sp³-hybridized carbons (Fsp3) is 0. The van der Waals surface area contributed by atoms with Gasteiger partial charge in [0, 0.05) is 43.7 Å². The van der Waals surface area contributed by atoms with Crippen LogP contribution in [0, 0.1) is 0 Å². The van der Waals surface area contributed by atoms with E-state index in [1.165, 1.54) is 90.4 Å². The average Bonchev–Trinajstić information content (AvgIpc) is 2.84. The normalized spacial score (nSPS) is 12.1. The van der Waals surface area contributed by atoms with E-state index in [2.05, 4.69) is 347 Å². The fourth-order valence-corrected chi connectivity index (χ4v) is 23.9. The van der Waals surface area contributed by atoms with Crippen molar-refractivity contribution in [1.82, 2.24) is 13.7 Å². The summed E-state index contributed by atoms with van der Waals surface area (Å²) in [6.45, 7) is 0. The molecule has 3 heterocycles. The average molecular weight is 1090 g/mol. The molecule has 3 nitrogen and oxygen atoms in total. The highest BCUT2D eigenvalue weighted by Gasteiger charge is 2.43. The Morgan fingerprint density at radius 1 is 0.181 bits per heavy atom. The molecular weight excluding hydrogens is 1040 g/mol. The lowest BCUT2D eigenvalue weighted by molar-refractivity contribution is 1.15. The summed E-state index contributed by atoms with van der Waals surface area (Å²) >= 11 is 0. The minimum Gasteiger partial charge on any atom is -0.309 e. The molecule has 0 radical (unpaired) electrons. The Bertz CT molecular complexity index is 4880. The van der Waals surface area contributed by atoms with Gasteiger partial charge in [0.2, 0.25) is 0 Å². The van der Waals surface area contributed by atoms with Crippen LogP contribution in [0.25, 0.3) is 82.5 Å². The first-order valence-electron chi connectivity index (χ1n) is 28.8. The van der Waals surface area contributed by atoms with E-state index in [1.807, 2.05) is 0 Å². The van der Waals surface area contributed by atoms with Crippen molar-refractivity contribution in [2.75, 3.05) is 0 Å². The third-order valence-electron chi connectivity index (χ3n) is 17.7. The van der Waals surface area contributed by atoms with Gasteiger partial charge in [-0.2, -0.15) is 0 Å². The second kappa shape index (κ2) is 19.7. The standard InChI is InChI=1S/C78H55N3Si2/c1-7-28-58(29-8-1)82(59-30-9-2-10-31-59,60-32-11-3-12-33-60)64-40-25-27-56(53-64)80-71-44-22-19-41-66(71)68-51-49-57(54-76(68)80)79-73-46-24-21-43-70(73)78-74(79)47-26-48-75(78)81-72-45-23-20-42-67(72)69-52-50-65(55-77(69)81)83(61-34-13-4-14-35-61,62-36-15-5-16-37-62)63-38-17-6-18-39-63/h1-55H. The maximum Gasteiger partial charge on any atom is 0.179 e. The lowest BCUT2D eigenvalue weighted by Gasteiger charge is -2.34. The van der Waals surface area contributed by atoms with Crippen LogP contribution in [0.3, 0.4) is 0 Å². The maximum absolute atomic E-state index is 2.87. The molecule has 16 aromatic rings. The zero-order chi connectivity index (χ0) is 54.9. The second-order valence-corrected chi connectivity index (χ2v) is 29.5. The molecule has 0 saturated carbocycles. The molecule has 0 saturated heterocycles. The van der Waals surface area contributed by atoms with Crippen molar-refractivity contribution >= 4 is 123 Å². The first kappa shape index (κ1) is 48.6. The van der Waals surface area contributed by atoms with Gasteiger partial charge in [-0.05, 0) is 102 Å². The third-order valence-corrected chi connectivity index (χ3v) is 27.3. The Labute approximate surface area is 484 Å². The van der Waals surface area contributed by atoms with E-state index in [-0.39, 0.29) is 0 Å². The molecule has 0 fully saturated rings. The van der Waals surface area contributed by atoms with Gasteiger partial charge in [-0.15, -0.1) is 0 Å². The van der Waals surface area contributed by atoms with Gasteiger partial charge >= 0.3 is 0 Å². The summed E-state index contributed by atoms with van der Waals surface area (Å²) in [7, 11) is -5.70. The molecule has 0 atom stereocenters. The molecule has 0 unspecified atom stereocenters. The van der Waals surface area contributed by atoms with Crippen molar-refractivity contribution in [1.29, 1.82) is 0 Å². The largest absolute Gasteiger partial charge is 0.309 e. The Balaban J connectivity index is 0.929. The predicted octanol–water partition coefficient (Wildman–Crippen LogP) is 13.7. The van der Waals surface area contributed by atoms with Crippen LogP contribution in [0.1, 0.15) is 0 Å². The fourth-order valence-electron chi connectivity index (χ4n) is 14.3. The first-order chi connectivity index (χ1) is 41.2. The quantitative estimate of drug-likeness (QED) is 0.0906. The molecule has 0 bridgehead atoms. The van der Waals surface area contributed by atoms with Gasteiger partial charge in [-0.3, -0.25) is 0 Å². The number of nitrogens with zero attached hydrogens (tertiary/aromatic N) is 3. The monoisotopic (exact) mass is 1090 g/mol. The molecule has 3 aromatic heterocycles. The van der Waals surface area contributed by atoms with Crippen molar-refractivity contribution < 1.29 is 0 Å². The molecular formula is C78H55N3Si2. The van der Waals surface area contributed by atoms with Crippen LogP contribution in [-0.4, -0.2) is 29.8 Å². The van der Waals surface area contributed by atoms with Gasteiger partial charge in [0.1, 0.15) is 0 Å². The third kappa shape index (κ3) is 7.42. The van der Waals surface area contributed by atoms with Gasteiger partial charge < -0.3 is 13.7 Å². The van der Waals surface area contributed by atoms with Gasteiger partial charge in [0.25, 0.3) is 0 Å². The summed E-state index contributed by atoms with van der Waals surface area (Å²) in [4.78, 5) is 0. The minimum atomic E-state index is -2.87. The van der Waals surface area contributed by atoms with Crippen LogP contribution in [0.15, 0.2) is 334 Å². The topological polar surface area (TPSA) is 14.8 Å². The van der Waals surface area contributed by atoms with Gasteiger partial charge in [-0.1, -0.05) is 273 Å². The smallest absolute Gasteiger partial charge is 0.179 e. The van der Waals surface area contributed by atoms with Crippen LogP contribution in [0.2, 0.25) is 0 Å². The molecule has 16 rings (SSSR count). The van der Waals surface area contributed by atoms with Gasteiger partial charge in [-0.25, -0.2) is 0 Å². The van der Waals surface area contributed by atoms with E-state index in [1.54, 1.807) is 0 Å². The molecule has 5 heteroatoms. The summed E-state index contributed by atoms with van der Waals surface area (Å²) in [6.07, 6.45) is 0. The number of hydrogen-bond donors (Lipinski definition) is 0. The van der Waals surface area contributed by atoms with Crippen LogP contribution < -0.4 is 41.5 Å². The van der Waals surface area contributed by atoms with E-state index in [0.717, 1.165) is 33.6 Å². The highest BCUT2D eigenvalue weighted by atomic mass is 28.3. The van der Waals surface area contributed by atoms with Crippen molar-refractivity contribution in [2.24, 2.45) is 0 Å². The van der Waals surface area contributed by atoms with Crippen molar-refractivity contribution in [2.45, 2.75) is 0 Å². The summed E-state index contributed by atoms with van der Waals surface area (Å²) in [6, 6.07) is 125. The molecule has 0 N–H and O–H groups in total. The predicted molar refractivity (Wildman–Crippen MR) is 357 cm³/mol. The summed E-state index contributed by atoms with van der Waals surface area (Å²) < 4.78 is 7.57. The zero-order valence-electron chi connectivity index (χ0n) is 45.6. The lowest BCUT2D eigenvalue weighted by atomic mass is 10.1. The van der Waals surface area contributed by atoms with Crippen LogP contribution in [0.5, 0.6) is 0 Å². The highest BCUT2D eigenvalue weighted by Crippen LogP contribution is 2.41. The first-order valence-corrected chi connectivity index (χ1v) is 32.8. The molecule has 0 aliphatic rings. The number of para-hydroxylation sites is 3. The SMILES string of the molecule is c1ccc([Si](c2ccccc2)(c2ccccc2)c2cccc(-n3c4ccccc4c4ccc(-n5c6ccccc6c6c(-n7c8ccccc8c8ccc([Si](c9ccccc9)(c9ccccc9)c9ccccc9)cc87)cccc65)cc43)c2)cc1. The highest BCUT2D eigenvalue weighted by molar-refractivity contribution is 7.20. The Morgan fingerprint density at radius 2 is 0.506 bits per heavy atom. The zero-order valence-corrected chi connectivity index (χ0v) is 47.6. The summed E-state index contributed by atoms with van der Waals surface area (Å²) in [5, 5.41) is 18.1. The Kier molecular flexibility index (Phi) is 11.6. The van der Waals surface area contributed by atoms with Crippen LogP contribution in [0.4, 0.5) is 0 Å². The van der Waals surface area contributed by atoms with Gasteiger partial charge in [0.05, 0.1) is 38.8 Å². The summed E-state index contributed by atoms with van der Waals surface area (Å²) in [5.74, 6) is 0. The van der Waals surface area contributed by atoms with Crippen molar-refractivity contribution in [3.63, 3.8) is 0 Å². The van der Waals surface area contributed by atoms with Gasteiger partial charge in [0.15, 0.2) is 16.1 Å². The number of fused-ring (bicyclic) bond motifs is 9. The Hall–Kier alpha value is -10.3. The molecule has 0 aliphatic carbocycles. The van der Waals surface area contributed by atoms with Crippen LogP contribution in [-0.2, 0) is 0 Å². The van der Waals surface area contributed by atoms with E-state index >= 15 is 0 Å². The van der Waals surface area contributed by atoms with Crippen molar-refractivity contribution in [3.8, 4) is 17.1 Å². The molecule has 0 spiro atoms. The number of hydrogen-bond acceptors (Lipinski definition) is 0. The minimum absolute atomic E-state index is 1.11. The Morgan fingerprint density at radius 3 is 1.00 bits per heavy atom. The van der Waals surface area contributed by atoms with E-state index in [4.69, 9.17) is 0 Å². The van der Waals surface area contributed by atoms with E-state index in [0.29, 0.717) is 0 Å². The number of rotatable bonds is 11. The number of aromatic nitrogens is 3. The second-order valence-electron chi connectivity index (χ2n) is 21.9. The summed E-state index contributed by atoms with van der Waals surface area (Å²) in [5.41, 5.74) is 10.4.